The van der Waals surface area contributed by atoms with Gasteiger partial charge in [0, 0.05) is 11.3 Å². The number of benzene rings is 2. The largest absolute Gasteiger partial charge is 0.478 e. The number of rotatable bonds is 5. The summed E-state index contributed by atoms with van der Waals surface area (Å²) in [6.45, 7) is 3.52. The van der Waals surface area contributed by atoms with Gasteiger partial charge in [-0.15, -0.1) is 0 Å². The van der Waals surface area contributed by atoms with E-state index in [1.807, 2.05) is 31.2 Å². The van der Waals surface area contributed by atoms with E-state index in [4.69, 9.17) is 0 Å². The van der Waals surface area contributed by atoms with Crippen molar-refractivity contribution in [2.24, 2.45) is 5.92 Å². The fourth-order valence-electron chi connectivity index (χ4n) is 3.94. The lowest BCUT2D eigenvalue weighted by atomic mass is 9.77. The molecule has 0 spiro atoms. The second-order valence-electron chi connectivity index (χ2n) is 7.08. The van der Waals surface area contributed by atoms with Crippen LogP contribution in [0.25, 0.3) is 0 Å². The summed E-state index contributed by atoms with van der Waals surface area (Å²) in [7, 11) is 0. The Kier molecular flexibility index (Phi) is 6.09. The number of aliphatic carboxylic acids is 1. The van der Waals surface area contributed by atoms with E-state index in [0.29, 0.717) is 11.3 Å². The molecule has 0 aliphatic heterocycles. The van der Waals surface area contributed by atoms with E-state index < -0.39 is 5.97 Å². The summed E-state index contributed by atoms with van der Waals surface area (Å²) in [4.78, 5) is 24.6. The van der Waals surface area contributed by atoms with Crippen molar-refractivity contribution in [1.29, 1.82) is 0 Å². The molecule has 2 N–H and O–H groups in total. The van der Waals surface area contributed by atoms with Crippen LogP contribution in [0.2, 0.25) is 0 Å². The second-order valence-corrected chi connectivity index (χ2v) is 7.08. The number of aryl methyl sites for hydroxylation is 1. The van der Waals surface area contributed by atoms with Crippen LogP contribution in [0.3, 0.4) is 0 Å². The van der Waals surface area contributed by atoms with Gasteiger partial charge in [0.2, 0.25) is 0 Å². The predicted octanol–water partition coefficient (Wildman–Crippen LogP) is 4.53. The van der Waals surface area contributed by atoms with Gasteiger partial charge < -0.3 is 10.4 Å². The summed E-state index contributed by atoms with van der Waals surface area (Å²) in [6.07, 6.45) is 4.51. The van der Waals surface area contributed by atoms with Gasteiger partial charge in [-0.05, 0) is 67.9 Å². The third-order valence-electron chi connectivity index (χ3n) is 5.31. The molecule has 0 radical (unpaired) electrons. The third-order valence-corrected chi connectivity index (χ3v) is 5.31. The Morgan fingerprint density at radius 2 is 1.68 bits per heavy atom. The summed E-state index contributed by atoms with van der Waals surface area (Å²) in [5, 5.41) is 12.7. The zero-order valence-electron chi connectivity index (χ0n) is 16.2. The van der Waals surface area contributed by atoms with Crippen molar-refractivity contribution in [3.05, 3.63) is 94.2 Å². The first-order valence-corrected chi connectivity index (χ1v) is 9.55. The van der Waals surface area contributed by atoms with Crippen LogP contribution in [0.4, 0.5) is 0 Å². The number of fused-ring (bicyclic) bond motifs is 1. The summed E-state index contributed by atoms with van der Waals surface area (Å²) in [6, 6.07) is 17.1. The normalized spacial score (nSPS) is 17.4. The molecule has 1 unspecified atom stereocenters. The first kappa shape index (κ1) is 19.6. The molecule has 2 aromatic carbocycles. The number of carboxylic acids is 1. The van der Waals surface area contributed by atoms with Crippen LogP contribution in [-0.2, 0) is 17.6 Å². The van der Waals surface area contributed by atoms with Gasteiger partial charge in [0.05, 0.1) is 5.57 Å². The van der Waals surface area contributed by atoms with Gasteiger partial charge in [-0.25, -0.2) is 4.79 Å². The minimum atomic E-state index is -1.02. The highest BCUT2D eigenvalue weighted by Gasteiger charge is 2.27. The Labute approximate surface area is 165 Å². The molecule has 1 atom stereocenters. The molecule has 0 saturated carbocycles. The number of carbonyl (C=O) groups is 2. The number of carboxylic acid groups (broad SMARTS) is 1. The molecule has 4 nitrogen and oxygen atoms in total. The van der Waals surface area contributed by atoms with Gasteiger partial charge in [0.15, 0.2) is 0 Å². The first-order valence-electron chi connectivity index (χ1n) is 9.55. The number of nitrogens with one attached hydrogen (secondary N) is 1. The number of hydrogen-bond acceptors (Lipinski definition) is 2. The molecule has 0 heterocycles. The Bertz CT molecular complexity index is 941. The van der Waals surface area contributed by atoms with Crippen molar-refractivity contribution in [3.8, 4) is 0 Å². The molecular weight excluding hydrogens is 350 g/mol. The number of carbonyl (C=O) groups excluding carboxylic acids is 1. The highest BCUT2D eigenvalue weighted by molar-refractivity contribution is 5.98. The van der Waals surface area contributed by atoms with Gasteiger partial charge >= 0.3 is 5.97 Å². The van der Waals surface area contributed by atoms with Gasteiger partial charge in [-0.2, -0.15) is 0 Å². The molecule has 1 aliphatic carbocycles. The van der Waals surface area contributed by atoms with E-state index in [9.17, 15) is 14.7 Å². The number of allylic oxidation sites excluding steroid dienone is 2. The summed E-state index contributed by atoms with van der Waals surface area (Å²) < 4.78 is 0. The molecule has 1 aliphatic rings. The molecule has 1 amide bonds. The van der Waals surface area contributed by atoms with Crippen molar-refractivity contribution in [2.75, 3.05) is 0 Å². The van der Waals surface area contributed by atoms with Crippen molar-refractivity contribution >= 4 is 11.9 Å². The van der Waals surface area contributed by atoms with Gasteiger partial charge in [0.1, 0.15) is 0 Å². The second kappa shape index (κ2) is 8.70. The average molecular weight is 375 g/mol. The van der Waals surface area contributed by atoms with E-state index in [2.05, 4.69) is 17.4 Å². The predicted molar refractivity (Wildman–Crippen MR) is 110 cm³/mol. The summed E-state index contributed by atoms with van der Waals surface area (Å²) in [5.41, 5.74) is 4.45. The molecule has 0 aromatic heterocycles. The molecular formula is C24H25NO3. The van der Waals surface area contributed by atoms with Crippen LogP contribution in [0, 0.1) is 5.92 Å². The van der Waals surface area contributed by atoms with Crippen LogP contribution in [0.1, 0.15) is 41.8 Å². The molecule has 144 valence electrons. The molecule has 0 saturated heterocycles. The fourth-order valence-corrected chi connectivity index (χ4v) is 3.94. The minimum Gasteiger partial charge on any atom is -0.478 e. The van der Waals surface area contributed by atoms with E-state index in [-0.39, 0.29) is 17.4 Å². The van der Waals surface area contributed by atoms with Crippen molar-refractivity contribution in [1.82, 2.24) is 5.32 Å². The molecule has 4 heteroatoms. The van der Waals surface area contributed by atoms with Gasteiger partial charge in [-0.3, -0.25) is 4.79 Å². The molecule has 2 aromatic rings. The van der Waals surface area contributed by atoms with Crippen LogP contribution in [-0.4, -0.2) is 17.0 Å². The quantitative estimate of drug-likeness (QED) is 0.596. The van der Waals surface area contributed by atoms with Crippen LogP contribution < -0.4 is 5.32 Å². The molecule has 0 fully saturated rings. The molecule has 0 bridgehead atoms. The Hall–Kier alpha value is -3.14. The zero-order chi connectivity index (χ0) is 20.1. The van der Waals surface area contributed by atoms with Crippen molar-refractivity contribution in [2.45, 2.75) is 33.1 Å². The highest BCUT2D eigenvalue weighted by Crippen LogP contribution is 2.34. The smallest absolute Gasteiger partial charge is 0.337 e. The maximum atomic E-state index is 12.5. The lowest BCUT2D eigenvalue weighted by Gasteiger charge is -2.28. The van der Waals surface area contributed by atoms with E-state index in [1.165, 1.54) is 11.1 Å². The molecule has 3 rings (SSSR count). The van der Waals surface area contributed by atoms with Gasteiger partial charge in [-0.1, -0.05) is 48.5 Å². The highest BCUT2D eigenvalue weighted by atomic mass is 16.4. The van der Waals surface area contributed by atoms with E-state index in [1.54, 1.807) is 31.2 Å². The van der Waals surface area contributed by atoms with Gasteiger partial charge in [0.25, 0.3) is 5.91 Å². The Morgan fingerprint density at radius 3 is 2.32 bits per heavy atom. The Morgan fingerprint density at radius 1 is 1.04 bits per heavy atom. The topological polar surface area (TPSA) is 66.4 Å². The lowest BCUT2D eigenvalue weighted by Crippen LogP contribution is -2.27. The summed E-state index contributed by atoms with van der Waals surface area (Å²) in [5.74, 6) is -1.20. The summed E-state index contributed by atoms with van der Waals surface area (Å²) >= 11 is 0. The zero-order valence-corrected chi connectivity index (χ0v) is 16.2. The minimum absolute atomic E-state index is 0.120. The first-order chi connectivity index (χ1) is 13.5. The standard InChI is InChI=1S/C24H25NO3/c1-3-21(20-14-13-17-9-7-8-12-19(17)15-20)22(24(27)28)16(2)25-23(26)18-10-5-4-6-11-18/h3-12,20H,13-15H2,1-2H3,(H,25,26)(H,27,28)/b21-3-,22-16-. The van der Waals surface area contributed by atoms with E-state index >= 15 is 0 Å². The van der Waals surface area contributed by atoms with Crippen LogP contribution >= 0.6 is 0 Å². The van der Waals surface area contributed by atoms with E-state index in [0.717, 1.165) is 24.8 Å². The monoisotopic (exact) mass is 375 g/mol. The fraction of sp³-hybridized carbons (Fsp3) is 0.250. The van der Waals surface area contributed by atoms with Crippen molar-refractivity contribution < 1.29 is 14.7 Å². The number of amides is 1. The van der Waals surface area contributed by atoms with Crippen molar-refractivity contribution in [3.63, 3.8) is 0 Å². The third kappa shape index (κ3) is 4.22. The van der Waals surface area contributed by atoms with Crippen LogP contribution in [0.15, 0.2) is 77.5 Å². The SMILES string of the molecule is C/C=C(\C(C(=O)O)=C(/C)NC(=O)c1ccccc1)C1CCc2ccccc2C1. The number of hydrogen-bond donors (Lipinski definition) is 2. The van der Waals surface area contributed by atoms with Crippen LogP contribution in [0.5, 0.6) is 0 Å². The Balaban J connectivity index is 1.88. The maximum absolute atomic E-state index is 12.5. The lowest BCUT2D eigenvalue weighted by molar-refractivity contribution is -0.132. The maximum Gasteiger partial charge on any atom is 0.337 e. The molecule has 28 heavy (non-hydrogen) atoms. The average Bonchev–Trinajstić information content (AvgIpc) is 2.71.